The van der Waals surface area contributed by atoms with Crippen LogP contribution in [0.25, 0.3) is 0 Å². The Morgan fingerprint density at radius 3 is 2.18 bits per heavy atom. The van der Waals surface area contributed by atoms with Crippen molar-refractivity contribution in [2.24, 2.45) is 23.7 Å². The van der Waals surface area contributed by atoms with Gasteiger partial charge in [-0.15, -0.1) is 0 Å². The number of rotatable bonds is 5. The third kappa shape index (κ3) is 3.49. The highest BCUT2D eigenvalue weighted by atomic mass is 79.9. The van der Waals surface area contributed by atoms with Crippen molar-refractivity contribution in [1.82, 2.24) is 10.0 Å². The molecule has 3 fully saturated rings. The zero-order valence-corrected chi connectivity index (χ0v) is 21.4. The van der Waals surface area contributed by atoms with Gasteiger partial charge in [-0.25, -0.2) is 5.01 Å². The van der Waals surface area contributed by atoms with Crippen LogP contribution in [0.3, 0.4) is 0 Å². The number of amides is 3. The molecule has 1 aliphatic heterocycles. The molecule has 5 rings (SSSR count). The largest absolute Gasteiger partial charge is 0.282 e. The molecule has 0 aromatic heterocycles. The average molecular weight is 612 g/mol. The van der Waals surface area contributed by atoms with Gasteiger partial charge in [0, 0.05) is 20.7 Å². The first-order valence-corrected chi connectivity index (χ1v) is 12.9. The van der Waals surface area contributed by atoms with E-state index >= 15 is 0 Å². The lowest BCUT2D eigenvalue weighted by Crippen LogP contribution is -2.50. The lowest BCUT2D eigenvalue weighted by molar-refractivity contribution is -0.385. The lowest BCUT2D eigenvalue weighted by atomic mass is 9.81. The van der Waals surface area contributed by atoms with Crippen molar-refractivity contribution in [3.05, 3.63) is 74.8 Å². The van der Waals surface area contributed by atoms with E-state index in [1.807, 2.05) is 0 Å². The van der Waals surface area contributed by atoms with Gasteiger partial charge in [-0.3, -0.25) is 24.5 Å². The van der Waals surface area contributed by atoms with E-state index < -0.39 is 40.2 Å². The van der Waals surface area contributed by atoms with E-state index in [9.17, 15) is 24.5 Å². The summed E-state index contributed by atoms with van der Waals surface area (Å²) in [5.74, 6) is -2.87. The van der Waals surface area contributed by atoms with Crippen LogP contribution in [-0.2, 0) is 16.1 Å². The quantitative estimate of drug-likeness (QED) is 0.213. The molecule has 2 aromatic rings. The molecule has 0 radical (unpaired) electrons. The van der Waals surface area contributed by atoms with Crippen LogP contribution in [0.1, 0.15) is 22.3 Å². The molecule has 1 saturated heterocycles. The van der Waals surface area contributed by atoms with Crippen LogP contribution in [0.2, 0.25) is 5.02 Å². The third-order valence-electron chi connectivity index (χ3n) is 7.05. The summed E-state index contributed by atoms with van der Waals surface area (Å²) >= 11 is 13.6. The van der Waals surface area contributed by atoms with Crippen LogP contribution in [0, 0.1) is 33.8 Å². The van der Waals surface area contributed by atoms with Gasteiger partial charge < -0.3 is 0 Å². The average Bonchev–Trinajstić information content (AvgIpc) is 3.43. The van der Waals surface area contributed by atoms with Crippen LogP contribution < -0.4 is 0 Å². The summed E-state index contributed by atoms with van der Waals surface area (Å²) < 4.78 is 0. The number of nitro benzene ring substituents is 1. The van der Waals surface area contributed by atoms with Crippen molar-refractivity contribution >= 4 is 66.9 Å². The number of hydrogen-bond donors (Lipinski definition) is 0. The number of carbonyl (C=O) groups excluding carboxylic acids is 3. The van der Waals surface area contributed by atoms with E-state index in [0.717, 1.165) is 16.4 Å². The number of carbonyl (C=O) groups is 3. The molecule has 2 bridgehead atoms. The molecule has 6 atom stereocenters. The second-order valence-electron chi connectivity index (χ2n) is 8.72. The Hall–Kier alpha value is -2.30. The third-order valence-corrected chi connectivity index (χ3v) is 10.6. The molecule has 2 aromatic carbocycles. The van der Waals surface area contributed by atoms with Gasteiger partial charge in [-0.05, 0) is 36.0 Å². The summed E-state index contributed by atoms with van der Waals surface area (Å²) in [7, 11) is 0. The molecular formula is C23H18Br2ClN3O5. The fourth-order valence-corrected chi connectivity index (χ4v) is 7.61. The maximum Gasteiger partial charge on any atom is 0.282 e. The number of alkyl halides is 2. The number of fused-ring (bicyclic) bond motifs is 5. The van der Waals surface area contributed by atoms with E-state index in [-0.39, 0.29) is 33.6 Å². The summed E-state index contributed by atoms with van der Waals surface area (Å²) in [6.45, 7) is -0.188. The molecule has 3 amide bonds. The van der Waals surface area contributed by atoms with Crippen molar-refractivity contribution in [3.8, 4) is 0 Å². The standard InChI is InChI=1S/C23H18Br2ClN3O5/c24-19-13-9-14(20(19)25)18-17(13)22(31)28(23(18)32)27(10-11-5-1-3-7-15(11)26)21(30)12-6-2-4-8-16(12)29(33)34/h1-8,13-14,17-20H,9-10H2/t13-,14-,17-,18-,19-,20+/m1/s1. The monoisotopic (exact) mass is 609 g/mol. The predicted molar refractivity (Wildman–Crippen MR) is 130 cm³/mol. The summed E-state index contributed by atoms with van der Waals surface area (Å²) in [6.07, 6.45) is 0.745. The highest BCUT2D eigenvalue weighted by Crippen LogP contribution is 2.60. The minimum atomic E-state index is -0.813. The van der Waals surface area contributed by atoms with E-state index in [1.165, 1.54) is 24.3 Å². The molecule has 8 nitrogen and oxygen atoms in total. The normalized spacial score (nSPS) is 29.4. The van der Waals surface area contributed by atoms with Crippen molar-refractivity contribution in [2.75, 3.05) is 0 Å². The van der Waals surface area contributed by atoms with Crippen molar-refractivity contribution in [2.45, 2.75) is 22.6 Å². The first-order chi connectivity index (χ1) is 16.2. The Morgan fingerprint density at radius 1 is 1.03 bits per heavy atom. The molecule has 11 heteroatoms. The maximum atomic E-state index is 13.7. The van der Waals surface area contributed by atoms with Gasteiger partial charge in [0.25, 0.3) is 23.4 Å². The fraction of sp³-hybridized carbons (Fsp3) is 0.348. The fourth-order valence-electron chi connectivity index (χ4n) is 5.55. The molecule has 0 spiro atoms. The molecule has 2 saturated carbocycles. The topological polar surface area (TPSA) is 101 Å². The summed E-state index contributed by atoms with van der Waals surface area (Å²) in [4.78, 5) is 52.0. The van der Waals surface area contributed by atoms with Gasteiger partial charge in [-0.1, -0.05) is 73.8 Å². The molecular weight excluding hydrogens is 594 g/mol. The minimum Gasteiger partial charge on any atom is -0.272 e. The summed E-state index contributed by atoms with van der Waals surface area (Å²) in [5.41, 5.74) is -0.109. The van der Waals surface area contributed by atoms with Gasteiger partial charge in [0.15, 0.2) is 0 Å². The number of para-hydroxylation sites is 1. The van der Waals surface area contributed by atoms with Crippen LogP contribution in [0.4, 0.5) is 5.69 Å². The number of nitro groups is 1. The number of halogens is 3. The Labute approximate surface area is 216 Å². The van der Waals surface area contributed by atoms with Gasteiger partial charge in [0.05, 0.1) is 23.3 Å². The van der Waals surface area contributed by atoms with Crippen LogP contribution in [0.15, 0.2) is 48.5 Å². The number of imide groups is 1. The number of nitrogens with zero attached hydrogens (tertiary/aromatic N) is 3. The molecule has 0 N–H and O–H groups in total. The predicted octanol–water partition coefficient (Wildman–Crippen LogP) is 4.58. The second-order valence-corrected chi connectivity index (χ2v) is 11.2. The summed E-state index contributed by atoms with van der Waals surface area (Å²) in [6, 6.07) is 12.3. The Bertz CT molecular complexity index is 1190. The maximum absolute atomic E-state index is 13.7. The Balaban J connectivity index is 1.58. The number of hydrogen-bond acceptors (Lipinski definition) is 5. The smallest absolute Gasteiger partial charge is 0.272 e. The van der Waals surface area contributed by atoms with Gasteiger partial charge in [0.1, 0.15) is 5.56 Å². The van der Waals surface area contributed by atoms with Gasteiger partial charge in [0.2, 0.25) is 0 Å². The van der Waals surface area contributed by atoms with Crippen LogP contribution in [-0.4, -0.2) is 42.3 Å². The highest BCUT2D eigenvalue weighted by Gasteiger charge is 2.67. The first kappa shape index (κ1) is 23.4. The molecule has 0 unspecified atom stereocenters. The highest BCUT2D eigenvalue weighted by molar-refractivity contribution is 9.12. The van der Waals surface area contributed by atoms with Crippen molar-refractivity contribution in [3.63, 3.8) is 0 Å². The first-order valence-electron chi connectivity index (χ1n) is 10.7. The SMILES string of the molecule is O=C(c1ccccc1[N+](=O)[O-])N(Cc1ccccc1Cl)N1C(=O)[C@@H]2[C@H]3C[C@@H]([C@@H](Br)[C@H]3Br)[C@H]2C1=O. The van der Waals surface area contributed by atoms with E-state index in [0.29, 0.717) is 10.6 Å². The van der Waals surface area contributed by atoms with Crippen LogP contribution >= 0.6 is 43.5 Å². The molecule has 34 heavy (non-hydrogen) atoms. The zero-order chi connectivity index (χ0) is 24.3. The van der Waals surface area contributed by atoms with Crippen molar-refractivity contribution in [1.29, 1.82) is 0 Å². The van der Waals surface area contributed by atoms with E-state index in [2.05, 4.69) is 31.9 Å². The van der Waals surface area contributed by atoms with Crippen molar-refractivity contribution < 1.29 is 19.3 Å². The molecule has 1 heterocycles. The number of benzene rings is 2. The summed E-state index contributed by atoms with van der Waals surface area (Å²) in [5, 5.41) is 13.9. The zero-order valence-electron chi connectivity index (χ0n) is 17.5. The van der Waals surface area contributed by atoms with E-state index in [4.69, 9.17) is 11.6 Å². The Morgan fingerprint density at radius 2 is 1.59 bits per heavy atom. The lowest BCUT2D eigenvalue weighted by Gasteiger charge is -2.31. The number of hydrazine groups is 1. The van der Waals surface area contributed by atoms with E-state index in [1.54, 1.807) is 24.3 Å². The van der Waals surface area contributed by atoms with Gasteiger partial charge >= 0.3 is 0 Å². The van der Waals surface area contributed by atoms with Crippen LogP contribution in [0.5, 0.6) is 0 Å². The Kier molecular flexibility index (Phi) is 6.02. The minimum absolute atomic E-state index is 0.0378. The molecule has 3 aliphatic rings. The molecule has 2 aliphatic carbocycles. The van der Waals surface area contributed by atoms with Gasteiger partial charge in [-0.2, -0.15) is 5.01 Å². The molecule has 176 valence electrons. The second kappa shape index (κ2) is 8.73.